The number of fused-ring (bicyclic) bond motifs is 3. The van der Waals surface area contributed by atoms with E-state index in [1.807, 2.05) is 0 Å². The van der Waals surface area contributed by atoms with Crippen LogP contribution in [-0.4, -0.2) is 19.6 Å². The molecule has 2 aromatic heterocycles. The Bertz CT molecular complexity index is 795. The summed E-state index contributed by atoms with van der Waals surface area (Å²) in [7, 11) is 0. The molecule has 0 atom stereocenters. The van der Waals surface area contributed by atoms with Crippen LogP contribution in [0.3, 0.4) is 0 Å². The number of halogens is 5. The van der Waals surface area contributed by atoms with Crippen molar-refractivity contribution in [3.63, 3.8) is 0 Å². The van der Waals surface area contributed by atoms with Crippen molar-refractivity contribution in [3.05, 3.63) is 35.1 Å². The number of hydrogen-bond acceptors (Lipinski definition) is 3. The number of alkyl halides is 3. The second-order valence-corrected chi connectivity index (χ2v) is 4.03. The van der Waals surface area contributed by atoms with E-state index in [1.54, 1.807) is 0 Å². The normalized spacial score (nSPS) is 12.5. The third kappa shape index (κ3) is 1.71. The standard InChI is InChI=1S/C10H3ClF4N4/c11-9-18-5-2-1-4(10(13,14)15)7(12)6(5)8-16-3-17-19(8)9/h1-3H. The highest BCUT2D eigenvalue weighted by molar-refractivity contribution is 6.29. The molecule has 0 spiro atoms. The fourth-order valence-electron chi connectivity index (χ4n) is 1.78. The van der Waals surface area contributed by atoms with Gasteiger partial charge in [-0.05, 0) is 23.7 Å². The lowest BCUT2D eigenvalue weighted by atomic mass is 10.1. The number of rotatable bonds is 0. The lowest BCUT2D eigenvalue weighted by Crippen LogP contribution is -2.09. The van der Waals surface area contributed by atoms with Gasteiger partial charge < -0.3 is 0 Å². The summed E-state index contributed by atoms with van der Waals surface area (Å²) >= 11 is 5.76. The van der Waals surface area contributed by atoms with Crippen molar-refractivity contribution < 1.29 is 17.6 Å². The fraction of sp³-hybridized carbons (Fsp3) is 0.100. The summed E-state index contributed by atoms with van der Waals surface area (Å²) in [4.78, 5) is 7.49. The minimum atomic E-state index is -4.80. The predicted octanol–water partition coefficient (Wildman–Crippen LogP) is 3.09. The number of benzene rings is 1. The summed E-state index contributed by atoms with van der Waals surface area (Å²) in [6, 6.07) is 1.66. The monoisotopic (exact) mass is 290 g/mol. The molecule has 0 saturated carbocycles. The Labute approximate surface area is 107 Å². The smallest absolute Gasteiger partial charge is 0.218 e. The van der Waals surface area contributed by atoms with Gasteiger partial charge in [0, 0.05) is 0 Å². The zero-order valence-electron chi connectivity index (χ0n) is 8.91. The van der Waals surface area contributed by atoms with Gasteiger partial charge in [0.15, 0.2) is 5.65 Å². The molecule has 4 nitrogen and oxygen atoms in total. The SMILES string of the molecule is Fc1c(C(F)(F)F)ccc2nc(Cl)n3ncnc3c12. The van der Waals surface area contributed by atoms with Crippen molar-refractivity contribution in [2.24, 2.45) is 0 Å². The first-order valence-corrected chi connectivity index (χ1v) is 5.32. The van der Waals surface area contributed by atoms with E-state index in [0.29, 0.717) is 6.07 Å². The van der Waals surface area contributed by atoms with E-state index >= 15 is 0 Å². The Hall–Kier alpha value is -1.96. The van der Waals surface area contributed by atoms with Gasteiger partial charge in [0.05, 0.1) is 16.5 Å². The Morgan fingerprint density at radius 1 is 1.21 bits per heavy atom. The molecular weight excluding hydrogens is 288 g/mol. The van der Waals surface area contributed by atoms with Crippen molar-refractivity contribution in [1.82, 2.24) is 19.6 Å². The van der Waals surface area contributed by atoms with Crippen molar-refractivity contribution in [2.45, 2.75) is 6.18 Å². The topological polar surface area (TPSA) is 43.1 Å². The molecule has 2 heterocycles. The van der Waals surface area contributed by atoms with Crippen molar-refractivity contribution in [2.75, 3.05) is 0 Å². The van der Waals surface area contributed by atoms with E-state index in [1.165, 1.54) is 0 Å². The third-order valence-electron chi connectivity index (χ3n) is 2.58. The maximum atomic E-state index is 14.0. The highest BCUT2D eigenvalue weighted by Gasteiger charge is 2.35. The molecule has 98 valence electrons. The maximum Gasteiger partial charge on any atom is 0.419 e. The molecule has 3 aromatic rings. The van der Waals surface area contributed by atoms with E-state index in [2.05, 4.69) is 15.1 Å². The Morgan fingerprint density at radius 2 is 1.95 bits per heavy atom. The van der Waals surface area contributed by atoms with Crippen LogP contribution in [0.1, 0.15) is 5.56 Å². The molecule has 0 aliphatic carbocycles. The van der Waals surface area contributed by atoms with Gasteiger partial charge >= 0.3 is 6.18 Å². The zero-order chi connectivity index (χ0) is 13.8. The molecule has 0 aliphatic rings. The molecular formula is C10H3ClF4N4. The second kappa shape index (κ2) is 3.77. The van der Waals surface area contributed by atoms with Crippen LogP contribution in [-0.2, 0) is 6.18 Å². The third-order valence-corrected chi connectivity index (χ3v) is 2.83. The van der Waals surface area contributed by atoms with E-state index in [4.69, 9.17) is 11.6 Å². The van der Waals surface area contributed by atoms with Crippen LogP contribution in [0.25, 0.3) is 16.6 Å². The number of hydrogen-bond donors (Lipinski definition) is 0. The van der Waals surface area contributed by atoms with Crippen LogP contribution in [0.2, 0.25) is 5.28 Å². The first kappa shape index (κ1) is 12.1. The van der Waals surface area contributed by atoms with Gasteiger partial charge in [-0.2, -0.15) is 22.8 Å². The molecule has 0 fully saturated rings. The van der Waals surface area contributed by atoms with Gasteiger partial charge in [0.2, 0.25) is 5.28 Å². The summed E-state index contributed by atoms with van der Waals surface area (Å²) in [5.74, 6) is -1.44. The minimum absolute atomic E-state index is 0.0176. The van der Waals surface area contributed by atoms with Crippen LogP contribution >= 0.6 is 11.6 Å². The summed E-state index contributed by atoms with van der Waals surface area (Å²) < 4.78 is 52.9. The molecule has 0 radical (unpaired) electrons. The Morgan fingerprint density at radius 3 is 2.63 bits per heavy atom. The largest absolute Gasteiger partial charge is 0.419 e. The first-order valence-electron chi connectivity index (χ1n) is 4.94. The molecule has 3 rings (SSSR count). The molecule has 0 unspecified atom stereocenters. The molecule has 1 aromatic carbocycles. The van der Waals surface area contributed by atoms with Crippen LogP contribution in [0.5, 0.6) is 0 Å². The van der Waals surface area contributed by atoms with Crippen molar-refractivity contribution >= 4 is 28.2 Å². The number of nitrogens with zero attached hydrogens (tertiary/aromatic N) is 4. The first-order chi connectivity index (χ1) is 8.89. The molecule has 0 saturated heterocycles. The second-order valence-electron chi connectivity index (χ2n) is 3.70. The predicted molar refractivity (Wildman–Crippen MR) is 58.3 cm³/mol. The van der Waals surface area contributed by atoms with Gasteiger partial charge in [0.25, 0.3) is 0 Å². The summed E-state index contributed by atoms with van der Waals surface area (Å²) in [5, 5.41) is 3.19. The molecule has 0 aliphatic heterocycles. The Kier molecular flexibility index (Phi) is 2.40. The van der Waals surface area contributed by atoms with Crippen LogP contribution in [0, 0.1) is 5.82 Å². The average molecular weight is 291 g/mol. The highest BCUT2D eigenvalue weighted by Crippen LogP contribution is 2.35. The summed E-state index contributed by atoms with van der Waals surface area (Å²) in [5.41, 5.74) is -1.51. The van der Waals surface area contributed by atoms with E-state index in [0.717, 1.165) is 16.9 Å². The van der Waals surface area contributed by atoms with Gasteiger partial charge in [-0.15, -0.1) is 0 Å². The molecule has 0 amide bonds. The van der Waals surface area contributed by atoms with Gasteiger partial charge in [-0.1, -0.05) is 0 Å². The van der Waals surface area contributed by atoms with Gasteiger partial charge in [-0.3, -0.25) is 0 Å². The lowest BCUT2D eigenvalue weighted by molar-refractivity contribution is -0.139. The van der Waals surface area contributed by atoms with Crippen molar-refractivity contribution in [3.8, 4) is 0 Å². The number of aromatic nitrogens is 4. The molecule has 9 heteroatoms. The highest BCUT2D eigenvalue weighted by atomic mass is 35.5. The summed E-state index contributed by atoms with van der Waals surface area (Å²) in [6.45, 7) is 0. The van der Waals surface area contributed by atoms with Crippen LogP contribution in [0.4, 0.5) is 17.6 Å². The zero-order valence-corrected chi connectivity index (χ0v) is 9.67. The van der Waals surface area contributed by atoms with Crippen molar-refractivity contribution in [1.29, 1.82) is 0 Å². The van der Waals surface area contributed by atoms with E-state index in [-0.39, 0.29) is 21.8 Å². The van der Waals surface area contributed by atoms with Gasteiger partial charge in [0.1, 0.15) is 12.1 Å². The average Bonchev–Trinajstić information content (AvgIpc) is 2.76. The van der Waals surface area contributed by atoms with Gasteiger partial charge in [-0.25, -0.2) is 14.4 Å². The Balaban J connectivity index is 2.52. The maximum absolute atomic E-state index is 14.0. The van der Waals surface area contributed by atoms with E-state index in [9.17, 15) is 17.6 Å². The van der Waals surface area contributed by atoms with Crippen LogP contribution in [0.15, 0.2) is 18.5 Å². The minimum Gasteiger partial charge on any atom is -0.218 e. The lowest BCUT2D eigenvalue weighted by Gasteiger charge is -2.10. The molecule has 0 bridgehead atoms. The summed E-state index contributed by atoms with van der Waals surface area (Å²) in [6.07, 6.45) is -3.74. The fourth-order valence-corrected chi connectivity index (χ4v) is 2.00. The van der Waals surface area contributed by atoms with E-state index < -0.39 is 17.6 Å². The quantitative estimate of drug-likeness (QED) is 0.472. The molecule has 0 N–H and O–H groups in total. The van der Waals surface area contributed by atoms with Crippen LogP contribution < -0.4 is 0 Å². The molecule has 19 heavy (non-hydrogen) atoms.